The van der Waals surface area contributed by atoms with Gasteiger partial charge in [-0.2, -0.15) is 0 Å². The van der Waals surface area contributed by atoms with Crippen LogP contribution in [0.2, 0.25) is 5.02 Å². The molecule has 0 unspecified atom stereocenters. The van der Waals surface area contributed by atoms with E-state index in [9.17, 15) is 23.5 Å². The quantitative estimate of drug-likeness (QED) is 0.435. The van der Waals surface area contributed by atoms with Gasteiger partial charge >= 0.3 is 6.03 Å². The molecule has 2 heterocycles. The number of nitrogens with zero attached hydrogens (tertiary/aromatic N) is 1. The number of rotatable bonds is 4. The number of urea groups is 1. The van der Waals surface area contributed by atoms with Crippen molar-refractivity contribution < 1.29 is 23.5 Å². The molecule has 5 rings (SSSR count). The highest BCUT2D eigenvalue weighted by atomic mass is 35.5. The number of carbonyl (C=O) groups excluding carboxylic acids is 2. The molecule has 0 bridgehead atoms. The second-order valence-corrected chi connectivity index (χ2v) is 8.88. The molecule has 3 aromatic carbocycles. The Morgan fingerprint density at radius 2 is 1.86 bits per heavy atom. The minimum atomic E-state index is -1.04. The number of amides is 3. The first-order chi connectivity index (χ1) is 16.8. The number of aliphatic hydroxyl groups is 1. The first-order valence-corrected chi connectivity index (χ1v) is 11.3. The molecule has 0 saturated heterocycles. The Bertz CT molecular complexity index is 1370. The maximum atomic E-state index is 14.0. The van der Waals surface area contributed by atoms with Crippen LogP contribution < -0.4 is 21.3 Å². The number of nitrogens with two attached hydrogens (primary N) is 1. The molecule has 180 valence electrons. The van der Waals surface area contributed by atoms with E-state index in [1.807, 2.05) is 0 Å². The van der Waals surface area contributed by atoms with E-state index >= 15 is 0 Å². The molecule has 2 aliphatic heterocycles. The van der Waals surface area contributed by atoms with E-state index in [4.69, 9.17) is 17.3 Å². The van der Waals surface area contributed by atoms with Gasteiger partial charge in [0.15, 0.2) is 0 Å². The average molecular weight is 499 g/mol. The van der Waals surface area contributed by atoms with Gasteiger partial charge in [-0.15, -0.1) is 0 Å². The van der Waals surface area contributed by atoms with E-state index in [2.05, 4.69) is 10.6 Å². The highest BCUT2D eigenvalue weighted by Gasteiger charge is 2.36. The number of aliphatic hydroxyl groups excluding tert-OH is 1. The summed E-state index contributed by atoms with van der Waals surface area (Å²) in [6.45, 7) is 0.260. The molecule has 2 aliphatic rings. The van der Waals surface area contributed by atoms with Gasteiger partial charge in [-0.1, -0.05) is 11.6 Å². The fourth-order valence-corrected chi connectivity index (χ4v) is 4.89. The number of anilines is 2. The molecule has 0 fully saturated rings. The summed E-state index contributed by atoms with van der Waals surface area (Å²) in [5.41, 5.74) is 8.56. The van der Waals surface area contributed by atoms with Gasteiger partial charge in [-0.3, -0.25) is 9.69 Å². The fraction of sp³-hybridized carbons (Fsp3) is 0.200. The average Bonchev–Trinajstić information content (AvgIpc) is 3.32. The highest BCUT2D eigenvalue weighted by Crippen LogP contribution is 2.41. The molecule has 35 heavy (non-hydrogen) atoms. The van der Waals surface area contributed by atoms with Crippen LogP contribution in [0.25, 0.3) is 0 Å². The van der Waals surface area contributed by atoms with Gasteiger partial charge in [0.1, 0.15) is 11.6 Å². The number of halogens is 3. The van der Waals surface area contributed by atoms with Crippen LogP contribution in [0.5, 0.6) is 0 Å². The molecule has 10 heteroatoms. The lowest BCUT2D eigenvalue weighted by Gasteiger charge is -2.22. The van der Waals surface area contributed by atoms with E-state index in [1.165, 1.54) is 41.3 Å². The summed E-state index contributed by atoms with van der Waals surface area (Å²) in [6.07, 6.45) is -0.581. The van der Waals surface area contributed by atoms with Crippen molar-refractivity contribution in [1.82, 2.24) is 5.32 Å². The number of hydrogen-bond donors (Lipinski definition) is 4. The van der Waals surface area contributed by atoms with Crippen molar-refractivity contribution in [3.63, 3.8) is 0 Å². The zero-order chi connectivity index (χ0) is 24.9. The second kappa shape index (κ2) is 8.92. The molecule has 3 aromatic rings. The molecular formula is C25H21ClF2N4O3. The maximum absolute atomic E-state index is 14.0. The van der Waals surface area contributed by atoms with Crippen molar-refractivity contribution >= 4 is 34.9 Å². The summed E-state index contributed by atoms with van der Waals surface area (Å²) in [4.78, 5) is 27.5. The molecule has 5 N–H and O–H groups in total. The molecule has 0 radical (unpaired) electrons. The number of hydrogen-bond acceptors (Lipinski definition) is 4. The Labute approximate surface area is 204 Å². The number of nitrogens with one attached hydrogen (secondary N) is 2. The molecule has 0 aromatic heterocycles. The Balaban J connectivity index is 1.57. The summed E-state index contributed by atoms with van der Waals surface area (Å²) in [5, 5.41) is 16.2. The molecule has 0 spiro atoms. The predicted octanol–water partition coefficient (Wildman–Crippen LogP) is 4.04. The van der Waals surface area contributed by atoms with Crippen molar-refractivity contribution in [2.45, 2.75) is 18.6 Å². The Hall–Kier alpha value is -3.53. The maximum Gasteiger partial charge on any atom is 0.326 e. The zero-order valence-electron chi connectivity index (χ0n) is 18.3. The Morgan fingerprint density at radius 3 is 2.60 bits per heavy atom. The number of carbonyl (C=O) groups is 2. The van der Waals surface area contributed by atoms with Crippen LogP contribution in [-0.4, -0.2) is 30.1 Å². The normalized spacial score (nSPS) is 18.3. The molecule has 3 amide bonds. The van der Waals surface area contributed by atoms with Crippen LogP contribution in [-0.2, 0) is 6.42 Å². The second-order valence-electron chi connectivity index (χ2n) is 8.48. The van der Waals surface area contributed by atoms with Gasteiger partial charge in [-0.05, 0) is 67.1 Å². The minimum Gasteiger partial charge on any atom is -0.386 e. The zero-order valence-corrected chi connectivity index (χ0v) is 19.1. The number of β-amino-alcohol motifs (C(OH)–C–C–N with tert-alkyl or cyclic N) is 1. The first kappa shape index (κ1) is 23.2. The van der Waals surface area contributed by atoms with Crippen molar-refractivity contribution in [3.05, 3.63) is 93.0 Å². The van der Waals surface area contributed by atoms with Crippen LogP contribution in [0.1, 0.15) is 44.8 Å². The Kier molecular flexibility index (Phi) is 5.92. The molecule has 2 atom stereocenters. The predicted molar refractivity (Wildman–Crippen MR) is 128 cm³/mol. The summed E-state index contributed by atoms with van der Waals surface area (Å²) in [7, 11) is 0. The van der Waals surface area contributed by atoms with Gasteiger partial charge < -0.3 is 21.5 Å². The molecular weight excluding hydrogens is 478 g/mol. The van der Waals surface area contributed by atoms with E-state index in [1.54, 1.807) is 12.1 Å². The van der Waals surface area contributed by atoms with Crippen LogP contribution in [0, 0.1) is 11.6 Å². The van der Waals surface area contributed by atoms with Crippen molar-refractivity contribution in [3.8, 4) is 0 Å². The van der Waals surface area contributed by atoms with Gasteiger partial charge in [0.25, 0.3) is 5.91 Å². The van der Waals surface area contributed by atoms with E-state index in [-0.39, 0.29) is 11.6 Å². The van der Waals surface area contributed by atoms with Crippen LogP contribution in [0.3, 0.4) is 0 Å². The first-order valence-electron chi connectivity index (χ1n) is 11.0. The van der Waals surface area contributed by atoms with Gasteiger partial charge in [0.2, 0.25) is 0 Å². The molecule has 0 saturated carbocycles. The number of benzene rings is 3. The molecule has 7 nitrogen and oxygen atoms in total. The lowest BCUT2D eigenvalue weighted by Crippen LogP contribution is -2.34. The van der Waals surface area contributed by atoms with E-state index in [0.717, 1.165) is 5.56 Å². The topological polar surface area (TPSA) is 108 Å². The third kappa shape index (κ3) is 4.12. The summed E-state index contributed by atoms with van der Waals surface area (Å²) in [6, 6.07) is 9.71. The highest BCUT2D eigenvalue weighted by molar-refractivity contribution is 6.31. The summed E-state index contributed by atoms with van der Waals surface area (Å²) >= 11 is 6.33. The van der Waals surface area contributed by atoms with Crippen LogP contribution in [0.4, 0.5) is 25.0 Å². The minimum absolute atomic E-state index is 0.0639. The lowest BCUT2D eigenvalue weighted by atomic mass is 9.94. The number of fused-ring (bicyclic) bond motifs is 2. The van der Waals surface area contributed by atoms with Crippen molar-refractivity contribution in [1.29, 1.82) is 0 Å². The van der Waals surface area contributed by atoms with Gasteiger partial charge in [-0.25, -0.2) is 13.6 Å². The van der Waals surface area contributed by atoms with Crippen molar-refractivity contribution in [2.24, 2.45) is 5.73 Å². The summed E-state index contributed by atoms with van der Waals surface area (Å²) < 4.78 is 27.7. The summed E-state index contributed by atoms with van der Waals surface area (Å²) in [5.74, 6) is -1.43. The molecule has 0 aliphatic carbocycles. The lowest BCUT2D eigenvalue weighted by molar-refractivity contribution is 0.0960. The van der Waals surface area contributed by atoms with Crippen LogP contribution >= 0.6 is 11.6 Å². The Morgan fingerprint density at radius 1 is 1.14 bits per heavy atom. The van der Waals surface area contributed by atoms with Gasteiger partial charge in [0, 0.05) is 33.0 Å². The third-order valence-corrected chi connectivity index (χ3v) is 6.58. The fourth-order valence-electron chi connectivity index (χ4n) is 4.66. The monoisotopic (exact) mass is 498 g/mol. The van der Waals surface area contributed by atoms with Gasteiger partial charge in [0.05, 0.1) is 24.4 Å². The largest absolute Gasteiger partial charge is 0.386 e. The van der Waals surface area contributed by atoms with E-state index < -0.39 is 35.7 Å². The van der Waals surface area contributed by atoms with Crippen molar-refractivity contribution in [2.75, 3.05) is 23.3 Å². The standard InChI is InChI=1S/C25H21ClF2N4O3/c26-18-3-1-13(27)9-15(18)23-22-17(24(34)31-23)7-12(5-6-29)8-19(22)30-25(35)32-11-21(33)16-10-14(28)2-4-20(16)32/h1-4,7-10,21,23,33H,5-6,11,29H2,(H,30,35)(H,31,34)/t21-,23+/m0/s1. The smallest absolute Gasteiger partial charge is 0.326 e. The SMILES string of the molecule is NCCc1cc(NC(=O)N2C[C@H](O)c3cc(F)ccc32)c2c(c1)C(=O)N[C@@H]2c1cc(F)ccc1Cl. The van der Waals surface area contributed by atoms with Crippen LogP contribution in [0.15, 0.2) is 48.5 Å². The third-order valence-electron chi connectivity index (χ3n) is 6.23. The van der Waals surface area contributed by atoms with E-state index in [0.29, 0.717) is 46.6 Å².